The maximum Gasteiger partial charge on any atom is 0.317 e. The Morgan fingerprint density at radius 1 is 1.00 bits per heavy atom. The van der Waals surface area contributed by atoms with Crippen molar-refractivity contribution in [2.24, 2.45) is 11.3 Å². The molecule has 1 fully saturated rings. The van der Waals surface area contributed by atoms with Crippen LogP contribution in [0, 0.1) is 17.2 Å². The molecule has 0 N–H and O–H groups in total. The number of benzene rings is 2. The first kappa shape index (κ1) is 23.6. The SMILES string of the molecule is CC(C)C(C)(CC(=O)N1CCOCC1)C(=O)Oc1ccc(C(=O)c2ccc(F)cc2)cc1. The van der Waals surface area contributed by atoms with Gasteiger partial charge in [0, 0.05) is 30.6 Å². The van der Waals surface area contributed by atoms with Gasteiger partial charge in [0.05, 0.1) is 18.6 Å². The Labute approximate surface area is 187 Å². The molecule has 0 radical (unpaired) electrons. The minimum atomic E-state index is -1.00. The van der Waals surface area contributed by atoms with Crippen LogP contribution in [0.1, 0.15) is 43.1 Å². The van der Waals surface area contributed by atoms with E-state index in [1.807, 2.05) is 13.8 Å². The summed E-state index contributed by atoms with van der Waals surface area (Å²) in [5.41, 5.74) is -0.242. The first-order valence-corrected chi connectivity index (χ1v) is 10.7. The second-order valence-electron chi connectivity index (χ2n) is 8.49. The molecule has 0 aliphatic carbocycles. The lowest BCUT2D eigenvalue weighted by atomic mass is 9.76. The second kappa shape index (κ2) is 10.0. The van der Waals surface area contributed by atoms with E-state index in [4.69, 9.17) is 9.47 Å². The molecule has 32 heavy (non-hydrogen) atoms. The molecule has 1 atom stereocenters. The number of ketones is 1. The first-order chi connectivity index (χ1) is 15.2. The van der Waals surface area contributed by atoms with Crippen LogP contribution in [0.3, 0.4) is 0 Å². The third kappa shape index (κ3) is 5.40. The van der Waals surface area contributed by atoms with Crippen molar-refractivity contribution in [1.29, 1.82) is 0 Å². The number of esters is 1. The van der Waals surface area contributed by atoms with Gasteiger partial charge in [-0.05, 0) is 61.4 Å². The molecular weight excluding hydrogens is 413 g/mol. The van der Waals surface area contributed by atoms with Gasteiger partial charge in [-0.1, -0.05) is 13.8 Å². The zero-order valence-electron chi connectivity index (χ0n) is 18.6. The largest absolute Gasteiger partial charge is 0.426 e. The minimum Gasteiger partial charge on any atom is -0.426 e. The van der Waals surface area contributed by atoms with E-state index in [2.05, 4.69) is 0 Å². The van der Waals surface area contributed by atoms with Gasteiger partial charge in [-0.15, -0.1) is 0 Å². The Morgan fingerprint density at radius 2 is 1.53 bits per heavy atom. The molecule has 170 valence electrons. The number of nitrogens with zero attached hydrogens (tertiary/aromatic N) is 1. The third-order valence-corrected chi connectivity index (χ3v) is 6.06. The van der Waals surface area contributed by atoms with Crippen LogP contribution in [-0.2, 0) is 14.3 Å². The lowest BCUT2D eigenvalue weighted by Gasteiger charge is -2.34. The molecule has 1 heterocycles. The van der Waals surface area contributed by atoms with E-state index in [-0.39, 0.29) is 29.8 Å². The smallest absolute Gasteiger partial charge is 0.317 e. The molecule has 0 bridgehead atoms. The fourth-order valence-electron chi connectivity index (χ4n) is 3.42. The quantitative estimate of drug-likeness (QED) is 0.371. The van der Waals surface area contributed by atoms with Crippen molar-refractivity contribution in [2.45, 2.75) is 27.2 Å². The molecule has 1 saturated heterocycles. The van der Waals surface area contributed by atoms with Crippen molar-refractivity contribution in [3.8, 4) is 5.75 Å². The Hall–Kier alpha value is -3.06. The summed E-state index contributed by atoms with van der Waals surface area (Å²) in [7, 11) is 0. The average molecular weight is 441 g/mol. The predicted molar refractivity (Wildman–Crippen MR) is 117 cm³/mol. The van der Waals surface area contributed by atoms with Gasteiger partial charge in [0.2, 0.25) is 5.91 Å². The van der Waals surface area contributed by atoms with Crippen molar-refractivity contribution in [3.63, 3.8) is 0 Å². The Bertz CT molecular complexity index is 965. The third-order valence-electron chi connectivity index (χ3n) is 6.06. The summed E-state index contributed by atoms with van der Waals surface area (Å²) >= 11 is 0. The Morgan fingerprint density at radius 3 is 2.06 bits per heavy atom. The van der Waals surface area contributed by atoms with Crippen LogP contribution in [-0.4, -0.2) is 48.9 Å². The van der Waals surface area contributed by atoms with Gasteiger partial charge in [-0.3, -0.25) is 14.4 Å². The summed E-state index contributed by atoms with van der Waals surface area (Å²) < 4.78 is 24.0. The lowest BCUT2D eigenvalue weighted by molar-refractivity contribution is -0.154. The number of hydrogen-bond acceptors (Lipinski definition) is 5. The molecule has 7 heteroatoms. The van der Waals surface area contributed by atoms with E-state index in [1.54, 1.807) is 36.1 Å². The standard InChI is InChI=1S/C25H28FNO5/c1-17(2)25(3,16-22(28)27-12-14-31-15-13-27)24(30)32-21-10-6-19(7-11-21)23(29)18-4-8-20(26)9-5-18/h4-11,17H,12-16H2,1-3H3. The zero-order chi connectivity index (χ0) is 23.3. The number of halogens is 1. The van der Waals surface area contributed by atoms with Crippen molar-refractivity contribution < 1.29 is 28.2 Å². The highest BCUT2D eigenvalue weighted by atomic mass is 19.1. The van der Waals surface area contributed by atoms with Crippen LogP contribution in [0.4, 0.5) is 4.39 Å². The molecule has 3 rings (SSSR count). The maximum atomic E-state index is 13.1. The van der Waals surface area contributed by atoms with E-state index in [9.17, 15) is 18.8 Å². The van der Waals surface area contributed by atoms with Crippen LogP contribution in [0.25, 0.3) is 0 Å². The van der Waals surface area contributed by atoms with E-state index in [1.165, 1.54) is 24.3 Å². The van der Waals surface area contributed by atoms with Crippen molar-refractivity contribution in [1.82, 2.24) is 4.90 Å². The van der Waals surface area contributed by atoms with Gasteiger partial charge in [0.15, 0.2) is 5.78 Å². The highest BCUT2D eigenvalue weighted by Crippen LogP contribution is 2.34. The average Bonchev–Trinajstić information content (AvgIpc) is 2.80. The molecule has 1 aliphatic heterocycles. The summed E-state index contributed by atoms with van der Waals surface area (Å²) in [6, 6.07) is 11.5. The second-order valence-corrected chi connectivity index (χ2v) is 8.49. The number of carbonyl (C=O) groups excluding carboxylic acids is 3. The van der Waals surface area contributed by atoms with Gasteiger partial charge < -0.3 is 14.4 Å². The maximum absolute atomic E-state index is 13.1. The summed E-state index contributed by atoms with van der Waals surface area (Å²) in [5, 5.41) is 0. The normalized spacial score (nSPS) is 15.8. The molecule has 6 nitrogen and oxygen atoms in total. The summed E-state index contributed by atoms with van der Waals surface area (Å²) in [4.78, 5) is 40.0. The summed E-state index contributed by atoms with van der Waals surface area (Å²) in [6.07, 6.45) is 0.0463. The van der Waals surface area contributed by atoms with Gasteiger partial charge in [0.1, 0.15) is 11.6 Å². The molecule has 0 saturated carbocycles. The topological polar surface area (TPSA) is 72.9 Å². The van der Waals surface area contributed by atoms with E-state index in [0.717, 1.165) is 0 Å². The number of ether oxygens (including phenoxy) is 2. The van der Waals surface area contributed by atoms with Crippen LogP contribution in [0.15, 0.2) is 48.5 Å². The Kier molecular flexibility index (Phi) is 7.40. The lowest BCUT2D eigenvalue weighted by Crippen LogP contribution is -2.46. The van der Waals surface area contributed by atoms with E-state index in [0.29, 0.717) is 37.4 Å². The summed E-state index contributed by atoms with van der Waals surface area (Å²) in [6.45, 7) is 7.55. The van der Waals surface area contributed by atoms with Crippen molar-refractivity contribution >= 4 is 17.7 Å². The number of amides is 1. The molecule has 1 unspecified atom stereocenters. The molecule has 2 aromatic rings. The number of carbonyl (C=O) groups is 3. The van der Waals surface area contributed by atoms with Gasteiger partial charge in [-0.25, -0.2) is 4.39 Å². The van der Waals surface area contributed by atoms with Crippen LogP contribution in [0.5, 0.6) is 5.75 Å². The van der Waals surface area contributed by atoms with Gasteiger partial charge >= 0.3 is 5.97 Å². The van der Waals surface area contributed by atoms with Crippen LogP contribution in [0.2, 0.25) is 0 Å². The fraction of sp³-hybridized carbons (Fsp3) is 0.400. The van der Waals surface area contributed by atoms with E-state index < -0.39 is 17.2 Å². The van der Waals surface area contributed by atoms with Crippen molar-refractivity contribution in [3.05, 3.63) is 65.5 Å². The Balaban J connectivity index is 1.68. The molecule has 0 spiro atoms. The summed E-state index contributed by atoms with van der Waals surface area (Å²) in [5.74, 6) is -1.10. The van der Waals surface area contributed by atoms with E-state index >= 15 is 0 Å². The van der Waals surface area contributed by atoms with Gasteiger partial charge in [0.25, 0.3) is 0 Å². The number of rotatable bonds is 7. The molecule has 0 aromatic heterocycles. The number of hydrogen-bond donors (Lipinski definition) is 0. The van der Waals surface area contributed by atoms with Gasteiger partial charge in [-0.2, -0.15) is 0 Å². The molecular formula is C25H28FNO5. The van der Waals surface area contributed by atoms with Crippen LogP contribution < -0.4 is 4.74 Å². The highest BCUT2D eigenvalue weighted by Gasteiger charge is 2.41. The highest BCUT2D eigenvalue weighted by molar-refractivity contribution is 6.09. The number of morpholine rings is 1. The monoisotopic (exact) mass is 441 g/mol. The van der Waals surface area contributed by atoms with Crippen molar-refractivity contribution in [2.75, 3.05) is 26.3 Å². The minimum absolute atomic E-state index is 0.0463. The predicted octanol–water partition coefficient (Wildman–Crippen LogP) is 3.87. The molecule has 1 amide bonds. The zero-order valence-corrected chi connectivity index (χ0v) is 18.6. The first-order valence-electron chi connectivity index (χ1n) is 10.7. The molecule has 1 aliphatic rings. The molecule has 2 aromatic carbocycles. The fourth-order valence-corrected chi connectivity index (χ4v) is 3.42. The van der Waals surface area contributed by atoms with Crippen LogP contribution >= 0.6 is 0 Å².